The number of amides is 1. The number of carbonyl (C=O) groups excluding carboxylic acids is 1. The molecule has 1 aliphatic carbocycles. The van der Waals surface area contributed by atoms with Crippen LogP contribution < -0.4 is 10.1 Å². The van der Waals surface area contributed by atoms with E-state index in [0.717, 1.165) is 17.7 Å². The molecule has 98 valence electrons. The predicted molar refractivity (Wildman–Crippen MR) is 66.6 cm³/mol. The van der Waals surface area contributed by atoms with Gasteiger partial charge in [-0.05, 0) is 35.2 Å². The van der Waals surface area contributed by atoms with Crippen molar-refractivity contribution < 1.29 is 9.53 Å². The fourth-order valence-electron chi connectivity index (χ4n) is 2.12. The van der Waals surface area contributed by atoms with Crippen LogP contribution in [0.15, 0.2) is 24.3 Å². The lowest BCUT2D eigenvalue weighted by molar-refractivity contribution is -0.117. The van der Waals surface area contributed by atoms with E-state index in [4.69, 9.17) is 4.74 Å². The third-order valence-electron chi connectivity index (χ3n) is 3.25. The Kier molecular flexibility index (Phi) is 2.86. The number of H-pyrrole nitrogens is 1. The van der Waals surface area contributed by atoms with E-state index in [1.54, 1.807) is 7.11 Å². The van der Waals surface area contributed by atoms with E-state index >= 15 is 0 Å². The van der Waals surface area contributed by atoms with Gasteiger partial charge >= 0.3 is 0 Å². The van der Waals surface area contributed by atoms with Crippen molar-refractivity contribution in [2.24, 2.45) is 5.92 Å². The van der Waals surface area contributed by atoms with Crippen LogP contribution in [0, 0.1) is 5.92 Å². The molecule has 3 rings (SSSR count). The zero-order chi connectivity index (χ0) is 13.2. The standard InChI is InChI=1S/C12H13N5O2/c1-19-8-4-2-7(3-5-8)9-6-10(9)11(18)13-12-14-16-17-15-12/h2-5,9-10H,6H2,1H3,(H2,13,14,15,16,17,18). The van der Waals surface area contributed by atoms with Crippen molar-refractivity contribution in [3.05, 3.63) is 29.8 Å². The first kappa shape index (κ1) is 11.6. The summed E-state index contributed by atoms with van der Waals surface area (Å²) in [6, 6.07) is 7.79. The molecule has 0 spiro atoms. The third kappa shape index (κ3) is 2.40. The van der Waals surface area contributed by atoms with E-state index in [0.29, 0.717) is 0 Å². The molecule has 1 heterocycles. The largest absolute Gasteiger partial charge is 0.497 e. The van der Waals surface area contributed by atoms with Gasteiger partial charge in [0.1, 0.15) is 5.75 Å². The molecule has 1 aromatic carbocycles. The fraction of sp³-hybridized carbons (Fsp3) is 0.333. The number of hydrogen-bond acceptors (Lipinski definition) is 5. The van der Waals surface area contributed by atoms with Crippen molar-refractivity contribution in [2.75, 3.05) is 12.4 Å². The number of tetrazole rings is 1. The van der Waals surface area contributed by atoms with Gasteiger partial charge in [0.15, 0.2) is 0 Å². The minimum absolute atomic E-state index is 0.0214. The van der Waals surface area contributed by atoms with Crippen LogP contribution >= 0.6 is 0 Å². The van der Waals surface area contributed by atoms with Gasteiger partial charge < -0.3 is 4.74 Å². The molecule has 1 aromatic heterocycles. The summed E-state index contributed by atoms with van der Waals surface area (Å²) in [7, 11) is 1.63. The summed E-state index contributed by atoms with van der Waals surface area (Å²) >= 11 is 0. The first-order chi connectivity index (χ1) is 9.28. The molecule has 7 nitrogen and oxygen atoms in total. The van der Waals surface area contributed by atoms with Gasteiger partial charge in [0.05, 0.1) is 7.11 Å². The second-order valence-electron chi connectivity index (χ2n) is 4.45. The average molecular weight is 259 g/mol. The Morgan fingerprint density at radius 2 is 2.21 bits per heavy atom. The summed E-state index contributed by atoms with van der Waals surface area (Å²) < 4.78 is 5.11. The number of carbonyl (C=O) groups is 1. The van der Waals surface area contributed by atoms with Crippen LogP contribution in [0.1, 0.15) is 17.9 Å². The van der Waals surface area contributed by atoms with Crippen molar-refractivity contribution in [3.63, 3.8) is 0 Å². The second kappa shape index (κ2) is 4.68. The van der Waals surface area contributed by atoms with Gasteiger partial charge in [0, 0.05) is 5.92 Å². The Bertz CT molecular complexity index is 566. The zero-order valence-corrected chi connectivity index (χ0v) is 10.3. The summed E-state index contributed by atoms with van der Waals surface area (Å²) in [5, 5.41) is 15.7. The number of hydrogen-bond donors (Lipinski definition) is 2. The number of aromatic amines is 1. The van der Waals surface area contributed by atoms with Crippen molar-refractivity contribution >= 4 is 11.9 Å². The molecule has 19 heavy (non-hydrogen) atoms. The molecule has 1 amide bonds. The number of methoxy groups -OCH3 is 1. The highest BCUT2D eigenvalue weighted by Gasteiger charge is 2.44. The Hall–Kier alpha value is -2.44. The van der Waals surface area contributed by atoms with Crippen LogP contribution in [-0.2, 0) is 4.79 Å². The molecule has 2 unspecified atom stereocenters. The molecule has 0 bridgehead atoms. The summed E-state index contributed by atoms with van der Waals surface area (Å²) in [5.41, 5.74) is 1.15. The maximum absolute atomic E-state index is 11.9. The Balaban J connectivity index is 1.62. The third-order valence-corrected chi connectivity index (χ3v) is 3.25. The van der Waals surface area contributed by atoms with Gasteiger partial charge in [-0.1, -0.05) is 17.2 Å². The van der Waals surface area contributed by atoms with E-state index in [1.807, 2.05) is 24.3 Å². The number of anilines is 1. The minimum Gasteiger partial charge on any atom is -0.497 e. The molecule has 7 heteroatoms. The van der Waals surface area contributed by atoms with Crippen LogP contribution in [0.25, 0.3) is 0 Å². The highest BCUT2D eigenvalue weighted by molar-refractivity contribution is 5.93. The fourth-order valence-corrected chi connectivity index (χ4v) is 2.12. The van der Waals surface area contributed by atoms with Crippen LogP contribution in [0.3, 0.4) is 0 Å². The molecule has 1 saturated carbocycles. The number of benzene rings is 1. The smallest absolute Gasteiger partial charge is 0.269 e. The topological polar surface area (TPSA) is 92.8 Å². The first-order valence-corrected chi connectivity index (χ1v) is 5.96. The van der Waals surface area contributed by atoms with Gasteiger partial charge in [0.25, 0.3) is 5.95 Å². The Labute approximate surface area is 109 Å². The monoisotopic (exact) mass is 259 g/mol. The summed E-state index contributed by atoms with van der Waals surface area (Å²) in [5.74, 6) is 1.20. The lowest BCUT2D eigenvalue weighted by atomic mass is 10.1. The van der Waals surface area contributed by atoms with Gasteiger partial charge in [-0.3, -0.25) is 10.1 Å². The van der Waals surface area contributed by atoms with Crippen LogP contribution in [-0.4, -0.2) is 33.6 Å². The Morgan fingerprint density at radius 1 is 1.42 bits per heavy atom. The van der Waals surface area contributed by atoms with Gasteiger partial charge in [0.2, 0.25) is 5.91 Å². The summed E-state index contributed by atoms with van der Waals surface area (Å²) in [6.07, 6.45) is 0.843. The second-order valence-corrected chi connectivity index (χ2v) is 4.45. The number of nitrogens with zero attached hydrogens (tertiary/aromatic N) is 3. The molecule has 0 saturated heterocycles. The Morgan fingerprint density at radius 3 is 2.84 bits per heavy atom. The summed E-state index contributed by atoms with van der Waals surface area (Å²) in [6.45, 7) is 0. The average Bonchev–Trinajstić information content (AvgIpc) is 3.09. The molecule has 2 atom stereocenters. The summed E-state index contributed by atoms with van der Waals surface area (Å²) in [4.78, 5) is 11.9. The number of nitrogens with one attached hydrogen (secondary N) is 2. The minimum atomic E-state index is -0.0674. The quantitative estimate of drug-likeness (QED) is 0.852. The van der Waals surface area contributed by atoms with Crippen molar-refractivity contribution in [2.45, 2.75) is 12.3 Å². The number of aromatic nitrogens is 4. The van der Waals surface area contributed by atoms with Crippen molar-refractivity contribution in [1.82, 2.24) is 20.6 Å². The number of ether oxygens (including phenoxy) is 1. The lowest BCUT2D eigenvalue weighted by Crippen LogP contribution is -2.15. The number of rotatable bonds is 4. The molecule has 2 N–H and O–H groups in total. The van der Waals surface area contributed by atoms with E-state index in [1.165, 1.54) is 0 Å². The van der Waals surface area contributed by atoms with Crippen LogP contribution in [0.4, 0.5) is 5.95 Å². The van der Waals surface area contributed by atoms with E-state index < -0.39 is 0 Å². The van der Waals surface area contributed by atoms with E-state index in [2.05, 4.69) is 25.9 Å². The zero-order valence-electron chi connectivity index (χ0n) is 10.3. The molecular formula is C12H13N5O2. The molecule has 1 aliphatic rings. The SMILES string of the molecule is COc1ccc(C2CC2C(=O)Nc2nn[nH]n2)cc1. The van der Waals surface area contributed by atoms with E-state index in [9.17, 15) is 4.79 Å². The molecule has 1 fully saturated rings. The van der Waals surface area contributed by atoms with Crippen LogP contribution in [0.5, 0.6) is 5.75 Å². The van der Waals surface area contributed by atoms with Gasteiger partial charge in [-0.15, -0.1) is 5.10 Å². The maximum Gasteiger partial charge on any atom is 0.269 e. The van der Waals surface area contributed by atoms with Crippen LogP contribution in [0.2, 0.25) is 0 Å². The molecule has 0 radical (unpaired) electrons. The van der Waals surface area contributed by atoms with Gasteiger partial charge in [-0.2, -0.15) is 5.21 Å². The highest BCUT2D eigenvalue weighted by atomic mass is 16.5. The van der Waals surface area contributed by atoms with Crippen molar-refractivity contribution in [1.29, 1.82) is 0 Å². The first-order valence-electron chi connectivity index (χ1n) is 5.96. The normalized spacial score (nSPS) is 20.9. The molecule has 2 aromatic rings. The predicted octanol–water partition coefficient (Wildman–Crippen LogP) is 0.950. The van der Waals surface area contributed by atoms with Gasteiger partial charge in [-0.25, -0.2) is 0 Å². The maximum atomic E-state index is 11.9. The lowest BCUT2D eigenvalue weighted by Gasteiger charge is -2.03. The molecular weight excluding hydrogens is 246 g/mol. The molecule has 0 aliphatic heterocycles. The highest BCUT2D eigenvalue weighted by Crippen LogP contribution is 2.48. The van der Waals surface area contributed by atoms with E-state index in [-0.39, 0.29) is 23.7 Å². The van der Waals surface area contributed by atoms with Crippen molar-refractivity contribution in [3.8, 4) is 5.75 Å².